The first kappa shape index (κ1) is 10.1. The van der Waals surface area contributed by atoms with Crippen LogP contribution in [0.1, 0.15) is 30.9 Å². The van der Waals surface area contributed by atoms with Crippen molar-refractivity contribution in [2.45, 2.75) is 26.7 Å². The summed E-state index contributed by atoms with van der Waals surface area (Å²) in [5.74, 6) is 0.375. The molecule has 0 heterocycles. The number of benzene rings is 1. The van der Waals surface area contributed by atoms with E-state index >= 15 is 0 Å². The first-order chi connectivity index (χ1) is 6.06. The van der Waals surface area contributed by atoms with Gasteiger partial charge in [-0.3, -0.25) is 0 Å². The zero-order valence-corrected chi connectivity index (χ0v) is 8.81. The molecule has 0 amide bonds. The predicted molar refractivity (Wildman–Crippen MR) is 56.5 cm³/mol. The summed E-state index contributed by atoms with van der Waals surface area (Å²) in [4.78, 5) is 3.46. The Morgan fingerprint density at radius 3 is 2.46 bits per heavy atom. The summed E-state index contributed by atoms with van der Waals surface area (Å²) >= 11 is 5.93. The van der Waals surface area contributed by atoms with Crippen molar-refractivity contribution in [1.29, 1.82) is 0 Å². The number of nitrogens with zero attached hydrogens (tertiary/aromatic N) is 1. The maximum atomic E-state index is 7.01. The van der Waals surface area contributed by atoms with E-state index in [1.54, 1.807) is 6.07 Å². The van der Waals surface area contributed by atoms with Gasteiger partial charge in [0.2, 0.25) is 0 Å². The van der Waals surface area contributed by atoms with Gasteiger partial charge in [0, 0.05) is 5.02 Å². The maximum absolute atomic E-state index is 7.01. The molecule has 1 aromatic rings. The first-order valence-corrected chi connectivity index (χ1v) is 4.61. The Hall–Kier alpha value is -1.00. The van der Waals surface area contributed by atoms with Gasteiger partial charge in [0.1, 0.15) is 0 Å². The van der Waals surface area contributed by atoms with Crippen molar-refractivity contribution in [2.24, 2.45) is 0 Å². The molecule has 0 saturated carbocycles. The number of halogens is 1. The lowest BCUT2D eigenvalue weighted by Crippen LogP contribution is -1.89. The van der Waals surface area contributed by atoms with Crippen molar-refractivity contribution in [3.63, 3.8) is 0 Å². The summed E-state index contributed by atoms with van der Waals surface area (Å²) in [5, 5.41) is 0.676. The van der Waals surface area contributed by atoms with Crippen LogP contribution in [-0.2, 0) is 0 Å². The van der Waals surface area contributed by atoms with Gasteiger partial charge in [-0.25, -0.2) is 4.85 Å². The predicted octanol–water partition coefficient (Wildman–Crippen LogP) is 4.32. The van der Waals surface area contributed by atoms with Crippen LogP contribution in [0, 0.1) is 13.5 Å². The third-order valence-electron chi connectivity index (χ3n) is 2.05. The summed E-state index contributed by atoms with van der Waals surface area (Å²) < 4.78 is 0. The van der Waals surface area contributed by atoms with Gasteiger partial charge >= 0.3 is 0 Å². The molecule has 0 unspecified atom stereocenters. The van der Waals surface area contributed by atoms with E-state index < -0.39 is 0 Å². The van der Waals surface area contributed by atoms with Crippen molar-refractivity contribution in [3.8, 4) is 0 Å². The maximum Gasteiger partial charge on any atom is 0.192 e. The van der Waals surface area contributed by atoms with Crippen LogP contribution in [0.2, 0.25) is 5.02 Å². The first-order valence-electron chi connectivity index (χ1n) is 4.23. The van der Waals surface area contributed by atoms with E-state index in [1.807, 2.05) is 13.0 Å². The molecular weight excluding hydrogens is 182 g/mol. The Morgan fingerprint density at radius 2 is 2.00 bits per heavy atom. The van der Waals surface area contributed by atoms with Crippen LogP contribution in [0.25, 0.3) is 4.85 Å². The minimum atomic E-state index is 0.375. The Balaban J connectivity index is 3.35. The van der Waals surface area contributed by atoms with E-state index in [0.717, 1.165) is 11.1 Å². The smallest absolute Gasteiger partial charge is 0.192 e. The van der Waals surface area contributed by atoms with Crippen LogP contribution in [0.3, 0.4) is 0 Å². The van der Waals surface area contributed by atoms with Gasteiger partial charge in [0.25, 0.3) is 0 Å². The highest BCUT2D eigenvalue weighted by Crippen LogP contribution is 2.31. The molecule has 1 nitrogen and oxygen atoms in total. The lowest BCUT2D eigenvalue weighted by atomic mass is 9.99. The topological polar surface area (TPSA) is 4.36 Å². The van der Waals surface area contributed by atoms with E-state index in [4.69, 9.17) is 18.2 Å². The Kier molecular flexibility index (Phi) is 2.95. The van der Waals surface area contributed by atoms with Crippen LogP contribution in [0.4, 0.5) is 5.69 Å². The van der Waals surface area contributed by atoms with E-state index in [9.17, 15) is 0 Å². The Labute approximate surface area is 84.2 Å². The third-order valence-corrected chi connectivity index (χ3v) is 2.46. The normalized spacial score (nSPS) is 10.2. The van der Waals surface area contributed by atoms with Gasteiger partial charge < -0.3 is 0 Å². The van der Waals surface area contributed by atoms with E-state index in [1.165, 1.54) is 0 Å². The lowest BCUT2D eigenvalue weighted by molar-refractivity contribution is 0.869. The van der Waals surface area contributed by atoms with Crippen molar-refractivity contribution >= 4 is 17.3 Å². The molecule has 1 rings (SSSR count). The fourth-order valence-electron chi connectivity index (χ4n) is 1.25. The average molecular weight is 194 g/mol. The Bertz CT molecular complexity index is 361. The Morgan fingerprint density at radius 1 is 1.38 bits per heavy atom. The number of rotatable bonds is 1. The minimum Gasteiger partial charge on any atom is -0.238 e. The second kappa shape index (κ2) is 3.81. The fraction of sp³-hybridized carbons (Fsp3) is 0.364. The molecule has 68 valence electrons. The molecule has 1 aromatic carbocycles. The quantitative estimate of drug-likeness (QED) is 0.585. The van der Waals surface area contributed by atoms with Crippen LogP contribution >= 0.6 is 11.6 Å². The highest BCUT2D eigenvalue weighted by Gasteiger charge is 2.08. The summed E-state index contributed by atoms with van der Waals surface area (Å²) in [6.45, 7) is 13.1. The molecule has 0 saturated heterocycles. The molecular formula is C11H12ClN. The summed E-state index contributed by atoms with van der Waals surface area (Å²) in [5.41, 5.74) is 2.79. The van der Waals surface area contributed by atoms with Gasteiger partial charge in [-0.05, 0) is 30.0 Å². The number of aryl methyl sites for hydroxylation is 1. The molecule has 0 aliphatic carbocycles. The standard InChI is InChI=1S/C11H12ClN/c1-7(2)9-5-8(3)10(12)6-11(9)13-4/h5-7H,1-3H3. The molecule has 0 bridgehead atoms. The molecule has 2 heteroatoms. The van der Waals surface area contributed by atoms with Gasteiger partial charge in [-0.2, -0.15) is 0 Å². The summed E-state index contributed by atoms with van der Waals surface area (Å²) in [6.07, 6.45) is 0. The molecule has 0 aromatic heterocycles. The van der Waals surface area contributed by atoms with Crippen LogP contribution in [0.15, 0.2) is 12.1 Å². The second-order valence-electron chi connectivity index (χ2n) is 3.43. The largest absolute Gasteiger partial charge is 0.238 e. The van der Waals surface area contributed by atoms with Crippen molar-refractivity contribution in [1.82, 2.24) is 0 Å². The molecule has 0 radical (unpaired) electrons. The molecule has 0 aliphatic rings. The van der Waals surface area contributed by atoms with Gasteiger partial charge in [-0.15, -0.1) is 0 Å². The van der Waals surface area contributed by atoms with Crippen LogP contribution in [-0.4, -0.2) is 0 Å². The van der Waals surface area contributed by atoms with Crippen LogP contribution in [0.5, 0.6) is 0 Å². The molecule has 13 heavy (non-hydrogen) atoms. The van der Waals surface area contributed by atoms with Gasteiger partial charge in [0.05, 0.1) is 6.57 Å². The highest BCUT2D eigenvalue weighted by molar-refractivity contribution is 6.31. The minimum absolute atomic E-state index is 0.375. The van der Waals surface area contributed by atoms with Crippen molar-refractivity contribution in [3.05, 3.63) is 39.7 Å². The lowest BCUT2D eigenvalue weighted by Gasteiger charge is -2.10. The monoisotopic (exact) mass is 193 g/mol. The molecule has 0 atom stereocenters. The third kappa shape index (κ3) is 2.02. The summed E-state index contributed by atoms with van der Waals surface area (Å²) in [7, 11) is 0. The van der Waals surface area contributed by atoms with Gasteiger partial charge in [0.15, 0.2) is 5.69 Å². The second-order valence-corrected chi connectivity index (χ2v) is 3.83. The van der Waals surface area contributed by atoms with E-state index in [2.05, 4.69) is 18.7 Å². The van der Waals surface area contributed by atoms with Crippen molar-refractivity contribution < 1.29 is 0 Å². The van der Waals surface area contributed by atoms with E-state index in [-0.39, 0.29) is 0 Å². The van der Waals surface area contributed by atoms with Gasteiger partial charge in [-0.1, -0.05) is 31.5 Å². The fourth-order valence-corrected chi connectivity index (χ4v) is 1.41. The SMILES string of the molecule is [C-]#[N+]c1cc(Cl)c(C)cc1C(C)C. The number of hydrogen-bond donors (Lipinski definition) is 0. The van der Waals surface area contributed by atoms with Crippen molar-refractivity contribution in [2.75, 3.05) is 0 Å². The average Bonchev–Trinajstić information content (AvgIpc) is 2.08. The number of hydrogen-bond acceptors (Lipinski definition) is 0. The van der Waals surface area contributed by atoms with E-state index in [0.29, 0.717) is 16.6 Å². The molecule has 0 fully saturated rings. The highest BCUT2D eigenvalue weighted by atomic mass is 35.5. The zero-order chi connectivity index (χ0) is 10.0. The van der Waals surface area contributed by atoms with Crippen LogP contribution < -0.4 is 0 Å². The zero-order valence-electron chi connectivity index (χ0n) is 8.06. The molecule has 0 aliphatic heterocycles. The molecule has 0 N–H and O–H groups in total. The molecule has 0 spiro atoms. The summed E-state index contributed by atoms with van der Waals surface area (Å²) in [6, 6.07) is 3.75.